The van der Waals surface area contributed by atoms with Gasteiger partial charge < -0.3 is 9.47 Å². The largest absolute Gasteiger partial charge is 0.422 e. The molecule has 33 heavy (non-hydrogen) atoms. The number of nitrogens with zero attached hydrogens (tertiary/aromatic N) is 1. The Morgan fingerprint density at radius 2 is 1.67 bits per heavy atom. The van der Waals surface area contributed by atoms with Gasteiger partial charge in [0, 0.05) is 30.5 Å². The first-order chi connectivity index (χ1) is 16.0. The highest BCUT2D eigenvalue weighted by Gasteiger charge is 2.42. The fourth-order valence-electron chi connectivity index (χ4n) is 5.49. The molecule has 0 radical (unpaired) electrons. The van der Waals surface area contributed by atoms with Crippen LogP contribution in [0.5, 0.6) is 11.5 Å². The zero-order chi connectivity index (χ0) is 23.5. The van der Waals surface area contributed by atoms with Crippen LogP contribution in [-0.2, 0) is 16.0 Å². The Bertz CT molecular complexity index is 1040. The summed E-state index contributed by atoms with van der Waals surface area (Å²) in [4.78, 5) is 27.5. The van der Waals surface area contributed by atoms with Crippen molar-refractivity contribution in [1.29, 1.82) is 0 Å². The van der Waals surface area contributed by atoms with Crippen LogP contribution < -0.4 is 9.47 Å². The summed E-state index contributed by atoms with van der Waals surface area (Å²) in [6.07, 6.45) is 5.16. The Morgan fingerprint density at radius 1 is 0.939 bits per heavy atom. The molecule has 2 atom stereocenters. The maximum absolute atomic E-state index is 12.6. The summed E-state index contributed by atoms with van der Waals surface area (Å²) in [5.41, 5.74) is 5.86. The number of ether oxygens (including phenoxy) is 2. The first-order valence-corrected chi connectivity index (χ1v) is 12.5. The van der Waals surface area contributed by atoms with Crippen LogP contribution in [0.15, 0.2) is 30.3 Å². The Morgan fingerprint density at radius 3 is 2.33 bits per heavy atom. The van der Waals surface area contributed by atoms with E-state index in [1.807, 2.05) is 19.9 Å². The Labute approximate surface area is 197 Å². The average Bonchev–Trinajstić information content (AvgIpc) is 3.09. The molecule has 5 heteroatoms. The van der Waals surface area contributed by atoms with Crippen LogP contribution in [0.25, 0.3) is 11.1 Å². The molecule has 1 aliphatic heterocycles. The minimum atomic E-state index is -0.308. The van der Waals surface area contributed by atoms with E-state index in [1.54, 1.807) is 6.07 Å². The molecular formula is C28H35NO4. The van der Waals surface area contributed by atoms with Gasteiger partial charge in [0.05, 0.1) is 0 Å². The summed E-state index contributed by atoms with van der Waals surface area (Å²) in [6, 6.07) is 11.0. The molecule has 0 aromatic heterocycles. The van der Waals surface area contributed by atoms with Crippen LogP contribution in [0.1, 0.15) is 95.0 Å². The van der Waals surface area contributed by atoms with Crippen molar-refractivity contribution in [2.24, 2.45) is 0 Å². The molecule has 1 aliphatic carbocycles. The minimum Gasteiger partial charge on any atom is -0.422 e. The second-order valence-electron chi connectivity index (χ2n) is 9.04. The zero-order valence-corrected chi connectivity index (χ0v) is 20.3. The van der Waals surface area contributed by atoms with E-state index in [0.717, 1.165) is 42.5 Å². The van der Waals surface area contributed by atoms with E-state index in [0.29, 0.717) is 49.3 Å². The van der Waals surface area contributed by atoms with Crippen LogP contribution in [0.2, 0.25) is 0 Å². The second-order valence-corrected chi connectivity index (χ2v) is 9.04. The molecular weight excluding hydrogens is 414 g/mol. The van der Waals surface area contributed by atoms with Gasteiger partial charge in [-0.25, -0.2) is 0 Å². The molecule has 0 unspecified atom stereocenters. The van der Waals surface area contributed by atoms with Crippen LogP contribution in [0.4, 0.5) is 0 Å². The number of likely N-dealkylation sites (N-methyl/N-ethyl adjacent to an activating group) is 1. The van der Waals surface area contributed by atoms with Gasteiger partial charge in [-0.3, -0.25) is 14.5 Å². The Hall–Kier alpha value is -2.66. The van der Waals surface area contributed by atoms with E-state index < -0.39 is 0 Å². The fraction of sp³-hybridized carbons (Fsp3) is 0.500. The first kappa shape index (κ1) is 23.5. The number of rotatable bonds is 9. The van der Waals surface area contributed by atoms with Gasteiger partial charge >= 0.3 is 11.9 Å². The molecule has 2 aromatic carbocycles. The highest BCUT2D eigenvalue weighted by molar-refractivity contribution is 5.87. The molecule has 1 heterocycles. The average molecular weight is 450 g/mol. The van der Waals surface area contributed by atoms with Crippen LogP contribution in [-0.4, -0.2) is 23.4 Å². The summed E-state index contributed by atoms with van der Waals surface area (Å²) in [5, 5.41) is 0. The van der Waals surface area contributed by atoms with Crippen molar-refractivity contribution < 1.29 is 19.1 Å². The zero-order valence-electron chi connectivity index (χ0n) is 20.3. The molecule has 0 N–H and O–H groups in total. The highest BCUT2D eigenvalue weighted by atomic mass is 16.6. The molecule has 0 saturated heterocycles. The third kappa shape index (κ3) is 4.31. The third-order valence-electron chi connectivity index (χ3n) is 6.80. The number of benzene rings is 2. The number of hydrogen-bond donors (Lipinski definition) is 0. The Balaban J connectivity index is 1.87. The lowest BCUT2D eigenvalue weighted by atomic mass is 9.81. The molecule has 0 spiro atoms. The van der Waals surface area contributed by atoms with Gasteiger partial charge in [0.1, 0.15) is 0 Å². The molecule has 0 bridgehead atoms. The third-order valence-corrected chi connectivity index (χ3v) is 6.80. The first-order valence-electron chi connectivity index (χ1n) is 12.5. The minimum absolute atomic E-state index is 0.299. The van der Waals surface area contributed by atoms with Crippen molar-refractivity contribution in [2.45, 2.75) is 84.7 Å². The number of fused-ring (bicyclic) bond motifs is 2. The monoisotopic (exact) mass is 449 g/mol. The molecule has 176 valence electrons. The molecule has 2 aliphatic rings. The van der Waals surface area contributed by atoms with Gasteiger partial charge in [0.25, 0.3) is 0 Å². The number of hydrogen-bond acceptors (Lipinski definition) is 5. The van der Waals surface area contributed by atoms with E-state index >= 15 is 0 Å². The van der Waals surface area contributed by atoms with Crippen LogP contribution in [0.3, 0.4) is 0 Å². The highest BCUT2D eigenvalue weighted by Crippen LogP contribution is 2.56. The van der Waals surface area contributed by atoms with Gasteiger partial charge in [-0.2, -0.15) is 0 Å². The molecule has 0 fully saturated rings. The van der Waals surface area contributed by atoms with Crippen molar-refractivity contribution in [3.8, 4) is 22.6 Å². The van der Waals surface area contributed by atoms with Gasteiger partial charge in [-0.1, -0.05) is 58.4 Å². The predicted molar refractivity (Wildman–Crippen MR) is 129 cm³/mol. The standard InChI is InChI=1S/C28H35NO4/c1-5-10-21-19-13-9-14-20-26-18(17-22(27(19)20)29(21)8-4)15-16-23(32-24(30)11-6-2)28(26)33-25(31)12-7-3/h9,13-16,21-22H,5-8,10-12,17H2,1-4H3/t21-,22+/m0/s1. The van der Waals surface area contributed by atoms with E-state index in [9.17, 15) is 9.59 Å². The number of carbonyl (C=O) groups excluding carboxylic acids is 2. The quantitative estimate of drug-likeness (QED) is 0.321. The topological polar surface area (TPSA) is 55.8 Å². The summed E-state index contributed by atoms with van der Waals surface area (Å²) in [7, 11) is 0. The van der Waals surface area contributed by atoms with Crippen molar-refractivity contribution in [3.63, 3.8) is 0 Å². The SMILES string of the molecule is CCCC(=O)Oc1ccc2c(c1OC(=O)CCC)-c1cccc3c1[C@@H](C2)N(CC)[C@H]3CCC. The number of esters is 2. The van der Waals surface area contributed by atoms with Gasteiger partial charge in [0.2, 0.25) is 0 Å². The van der Waals surface area contributed by atoms with E-state index in [2.05, 4.69) is 36.9 Å². The molecule has 0 amide bonds. The summed E-state index contributed by atoms with van der Waals surface area (Å²) in [5.74, 6) is 0.122. The van der Waals surface area contributed by atoms with Gasteiger partial charge in [-0.15, -0.1) is 0 Å². The lowest BCUT2D eigenvalue weighted by Crippen LogP contribution is -2.28. The van der Waals surface area contributed by atoms with Crippen molar-refractivity contribution in [3.05, 3.63) is 47.0 Å². The van der Waals surface area contributed by atoms with E-state index in [1.165, 1.54) is 11.1 Å². The normalized spacial score (nSPS) is 18.5. The molecule has 0 saturated carbocycles. The molecule has 2 aromatic rings. The maximum atomic E-state index is 12.6. The lowest BCUT2D eigenvalue weighted by Gasteiger charge is -2.33. The van der Waals surface area contributed by atoms with E-state index in [-0.39, 0.29) is 11.9 Å². The van der Waals surface area contributed by atoms with Crippen LogP contribution >= 0.6 is 0 Å². The summed E-state index contributed by atoms with van der Waals surface area (Å²) >= 11 is 0. The molecule has 5 nitrogen and oxygen atoms in total. The van der Waals surface area contributed by atoms with Crippen molar-refractivity contribution in [1.82, 2.24) is 4.90 Å². The lowest BCUT2D eigenvalue weighted by molar-refractivity contribution is -0.137. The number of carbonyl (C=O) groups is 2. The second kappa shape index (κ2) is 10.1. The summed E-state index contributed by atoms with van der Waals surface area (Å²) in [6.45, 7) is 9.35. The van der Waals surface area contributed by atoms with Gasteiger partial charge in [-0.05, 0) is 60.5 Å². The van der Waals surface area contributed by atoms with Crippen molar-refractivity contribution in [2.75, 3.05) is 6.54 Å². The van der Waals surface area contributed by atoms with Crippen molar-refractivity contribution >= 4 is 11.9 Å². The predicted octanol–water partition coefficient (Wildman–Crippen LogP) is 6.54. The summed E-state index contributed by atoms with van der Waals surface area (Å²) < 4.78 is 11.6. The fourth-order valence-corrected chi connectivity index (χ4v) is 5.49. The molecule has 4 rings (SSSR count). The Kier molecular flexibility index (Phi) is 7.18. The van der Waals surface area contributed by atoms with Crippen LogP contribution in [0, 0.1) is 0 Å². The smallest absolute Gasteiger partial charge is 0.311 e. The van der Waals surface area contributed by atoms with Gasteiger partial charge in [0.15, 0.2) is 11.5 Å². The maximum Gasteiger partial charge on any atom is 0.311 e. The van der Waals surface area contributed by atoms with E-state index in [4.69, 9.17) is 9.47 Å².